The van der Waals surface area contributed by atoms with Crippen molar-refractivity contribution in [2.75, 3.05) is 38.5 Å². The first kappa shape index (κ1) is 45.6. The van der Waals surface area contributed by atoms with E-state index in [1.165, 1.54) is 14.8 Å². The van der Waals surface area contributed by atoms with E-state index in [2.05, 4.69) is 15.3 Å². The fraction of sp³-hybridized carbons (Fsp3) is 0.292. The van der Waals surface area contributed by atoms with Gasteiger partial charge in [0.25, 0.3) is 0 Å². The normalized spacial score (nSPS) is 10.2. The number of hydrogen-bond donors (Lipinski definition) is 6. The summed E-state index contributed by atoms with van der Waals surface area (Å²) in [5.74, 6) is 0.967. The number of aliphatic carboxylic acids is 4. The summed E-state index contributed by atoms with van der Waals surface area (Å²) in [4.78, 5) is 56.7. The van der Waals surface area contributed by atoms with E-state index in [0.717, 1.165) is 0 Å². The molecule has 0 amide bonds. The zero-order chi connectivity index (χ0) is 29.6. The van der Waals surface area contributed by atoms with E-state index in [0.29, 0.717) is 38.9 Å². The number of pyridine rings is 2. The zero-order valence-electron chi connectivity index (χ0n) is 29.3. The Morgan fingerprint density at radius 3 is 1.59 bits per heavy atom. The van der Waals surface area contributed by atoms with Crippen LogP contribution < -0.4 is 129 Å². The maximum absolute atomic E-state index is 11.3. The predicted octanol–water partition coefficient (Wildman–Crippen LogP) is -11.3. The molecule has 0 saturated carbocycles. The minimum Gasteiger partial charge on any atom is -1.00 e. The second kappa shape index (κ2) is 21.4. The second-order valence-corrected chi connectivity index (χ2v) is 9.29. The van der Waals surface area contributed by atoms with Crippen molar-refractivity contribution in [3.63, 3.8) is 0 Å². The third-order valence-corrected chi connectivity index (χ3v) is 5.91. The summed E-state index contributed by atoms with van der Waals surface area (Å²) in [6.45, 7) is -2.20. The monoisotopic (exact) mass is 669 g/mol. The summed E-state index contributed by atoms with van der Waals surface area (Å²) in [5, 5.41) is 42.4. The topological polar surface area (TPSA) is 223 Å². The van der Waals surface area contributed by atoms with Crippen molar-refractivity contribution < 1.29 is 164 Å². The van der Waals surface area contributed by atoms with Crippen LogP contribution in [0, 0.1) is 0 Å². The summed E-state index contributed by atoms with van der Waals surface area (Å²) in [5.41, 5.74) is 2.08. The average molecular weight is 670 g/mol. The number of carbonyl (C=O) groups is 4. The van der Waals surface area contributed by atoms with Gasteiger partial charge in [-0.3, -0.25) is 34.0 Å². The maximum Gasteiger partial charge on any atom is 1.00 e. The molecule has 0 aliphatic rings. The fourth-order valence-corrected chi connectivity index (χ4v) is 4.10. The Labute approximate surface area is 352 Å². The Hall–Kier alpha value is -0.510. The third kappa shape index (κ3) is 14.1. The molecule has 0 fully saturated rings. The molecule has 0 aliphatic heterocycles. The van der Waals surface area contributed by atoms with Crippen molar-refractivity contribution in [1.82, 2.24) is 24.8 Å². The predicted molar refractivity (Wildman–Crippen MR) is 151 cm³/mol. The first-order chi connectivity index (χ1) is 18.8. The van der Waals surface area contributed by atoms with Crippen LogP contribution in [0.1, 0.15) is 17.1 Å². The molecule has 0 unspecified atom stereocenters. The van der Waals surface area contributed by atoms with Gasteiger partial charge in [0.2, 0.25) is 0 Å². The molecule has 1 aromatic carbocycles. The maximum atomic E-state index is 11.3. The van der Waals surface area contributed by atoms with E-state index in [1.54, 1.807) is 37.4 Å². The number of nitrogens with one attached hydrogen (secondary N) is 1. The largest absolute Gasteiger partial charge is 1.00 e. The summed E-state index contributed by atoms with van der Waals surface area (Å²) in [6, 6.07) is 8.43. The number of nitrogens with two attached hydrogens (primary N) is 1. The van der Waals surface area contributed by atoms with Crippen LogP contribution in [0.4, 0.5) is 5.69 Å². The van der Waals surface area contributed by atoms with Crippen LogP contribution in [0.5, 0.6) is 0 Å². The van der Waals surface area contributed by atoms with E-state index in [9.17, 15) is 29.4 Å². The molecule has 0 radical (unpaired) electrons. The van der Waals surface area contributed by atoms with Gasteiger partial charge in [-0.1, -0.05) is 6.07 Å². The number of carboxylic acid groups (broad SMARTS) is 4. The molecule has 2 heterocycles. The van der Waals surface area contributed by atoms with Gasteiger partial charge >= 0.3 is 142 Å². The Morgan fingerprint density at radius 1 is 0.773 bits per heavy atom. The van der Waals surface area contributed by atoms with Crippen LogP contribution in [-0.2, 0) is 32.3 Å². The smallest absolute Gasteiger partial charge is 1.00 e. The number of thiocarbonyl (C=S) groups is 1. The molecule has 2 aromatic heterocycles. The molecule has 20 heteroatoms. The number of nitrogens with zero attached hydrogens (tertiary/aromatic N) is 5. The summed E-state index contributed by atoms with van der Waals surface area (Å²) >= 11 is 5.28. The van der Waals surface area contributed by atoms with Crippen molar-refractivity contribution in [2.45, 2.75) is 13.1 Å². The average Bonchev–Trinajstić information content (AvgIpc) is 2.82. The van der Waals surface area contributed by atoms with E-state index in [-0.39, 0.29) is 142 Å². The van der Waals surface area contributed by atoms with Crippen LogP contribution in [-0.4, -0.2) is 107 Å². The first-order valence-corrected chi connectivity index (χ1v) is 12.1. The molecule has 0 bridgehead atoms. The standard InChI is InChI=1S/C24H27N7O8S.4Na.4H/c1-29(25)24(40)28-17-6-13-2-3-14(7-30(9-18(32)33)10-19(34)35)26-22(13)23-16(17)5-4-15(27-23)8-31(11-20(36)37)12-21(38)39;;;;;;;;/h2-6H,7-12,25H2,1H3,(H,28,40)(H,32,33)(H,34,35)(H,36,37)(H,38,39);;;;;;;;/q;4*+1;4*-1. The van der Waals surface area contributed by atoms with Crippen molar-refractivity contribution in [1.29, 1.82) is 0 Å². The molecule has 0 aliphatic carbocycles. The van der Waals surface area contributed by atoms with Crippen molar-refractivity contribution >= 4 is 68.7 Å². The molecule has 3 rings (SSSR count). The Kier molecular flexibility index (Phi) is 22.2. The number of carboxylic acids is 4. The molecule has 220 valence electrons. The Bertz CT molecular complexity index is 1490. The molecule has 7 N–H and O–H groups in total. The van der Waals surface area contributed by atoms with Gasteiger partial charge in [0.05, 0.1) is 54.3 Å². The third-order valence-electron chi connectivity index (χ3n) is 5.52. The van der Waals surface area contributed by atoms with E-state index in [4.69, 9.17) is 28.3 Å². The molecule has 3 aromatic rings. The van der Waals surface area contributed by atoms with Crippen molar-refractivity contribution in [3.8, 4) is 0 Å². The molecule has 0 atom stereocenters. The number of rotatable bonds is 13. The number of hydrazine groups is 1. The minimum absolute atomic E-state index is 0. The van der Waals surface area contributed by atoms with Gasteiger partial charge in [0, 0.05) is 30.9 Å². The van der Waals surface area contributed by atoms with Gasteiger partial charge in [-0.15, -0.1) is 0 Å². The van der Waals surface area contributed by atoms with Gasteiger partial charge in [-0.2, -0.15) is 0 Å². The number of fused-ring (bicyclic) bond motifs is 3. The van der Waals surface area contributed by atoms with Crippen molar-refractivity contribution in [3.05, 3.63) is 41.7 Å². The quantitative estimate of drug-likeness (QED) is 0.0327. The summed E-state index contributed by atoms with van der Waals surface area (Å²) < 4.78 is 0. The fourth-order valence-electron chi connectivity index (χ4n) is 3.99. The van der Waals surface area contributed by atoms with Crippen LogP contribution in [0.3, 0.4) is 0 Å². The molecular formula is C24H31N7Na4O8S. The van der Waals surface area contributed by atoms with Gasteiger partial charge in [0.1, 0.15) is 0 Å². The van der Waals surface area contributed by atoms with Gasteiger partial charge in [-0.25, -0.2) is 15.8 Å². The number of aromatic nitrogens is 2. The number of benzene rings is 1. The van der Waals surface area contributed by atoms with E-state index >= 15 is 0 Å². The number of hydrogen-bond acceptors (Lipinski definition) is 10. The molecule has 0 saturated heterocycles. The zero-order valence-corrected chi connectivity index (χ0v) is 34.1. The SMILES string of the molecule is CN(N)C(=S)Nc1cc2ccc(CN(CC(=O)O)CC(=O)O)nc2c2nc(CN(CC(=O)O)CC(=O)O)ccc12.[H-].[H-].[H-].[H-].[Na+].[Na+].[Na+].[Na+]. The van der Waals surface area contributed by atoms with Gasteiger partial charge < -0.3 is 31.4 Å². The Balaban J connectivity index is -0.000000551. The van der Waals surface area contributed by atoms with E-state index in [1.807, 2.05) is 0 Å². The van der Waals surface area contributed by atoms with Crippen LogP contribution in [0.2, 0.25) is 0 Å². The van der Waals surface area contributed by atoms with Gasteiger partial charge in [-0.05, 0) is 36.5 Å². The molecule has 0 spiro atoms. The first-order valence-electron chi connectivity index (χ1n) is 11.7. The van der Waals surface area contributed by atoms with Gasteiger partial charge in [0.15, 0.2) is 5.11 Å². The second-order valence-electron chi connectivity index (χ2n) is 8.90. The van der Waals surface area contributed by atoms with E-state index < -0.39 is 50.1 Å². The van der Waals surface area contributed by atoms with Crippen molar-refractivity contribution in [2.24, 2.45) is 5.84 Å². The molecular weight excluding hydrogens is 638 g/mol. The van der Waals surface area contributed by atoms with Crippen LogP contribution >= 0.6 is 12.2 Å². The van der Waals surface area contributed by atoms with Crippen LogP contribution in [0.25, 0.3) is 21.8 Å². The minimum atomic E-state index is -1.20. The molecule has 44 heavy (non-hydrogen) atoms. The van der Waals surface area contributed by atoms with Crippen LogP contribution in [0.15, 0.2) is 30.3 Å². The molecule has 15 nitrogen and oxygen atoms in total. The Morgan fingerprint density at radius 2 is 1.18 bits per heavy atom. The number of anilines is 1. The summed E-state index contributed by atoms with van der Waals surface area (Å²) in [6.07, 6.45) is 0. The summed E-state index contributed by atoms with van der Waals surface area (Å²) in [7, 11) is 1.56.